The molecule has 0 aliphatic rings. The van der Waals surface area contributed by atoms with Crippen molar-refractivity contribution < 1.29 is 22.3 Å². The Bertz CT molecular complexity index is 674. The van der Waals surface area contributed by atoms with E-state index in [1.165, 1.54) is 24.3 Å². The summed E-state index contributed by atoms with van der Waals surface area (Å²) in [4.78, 5) is 0. The second kappa shape index (κ2) is 5.21. The van der Waals surface area contributed by atoms with Gasteiger partial charge in [0.15, 0.2) is 0 Å². The lowest BCUT2D eigenvalue weighted by Gasteiger charge is -2.11. The van der Waals surface area contributed by atoms with E-state index >= 15 is 0 Å². The molecule has 2 nitrogen and oxygen atoms in total. The molecule has 0 aromatic heterocycles. The van der Waals surface area contributed by atoms with Crippen LogP contribution < -0.4 is 4.74 Å². The molecule has 0 saturated heterocycles. The van der Waals surface area contributed by atoms with Gasteiger partial charge in [0.1, 0.15) is 17.6 Å². The molecule has 6 heteroatoms. The zero-order valence-electron chi connectivity index (χ0n) is 9.91. The molecule has 0 unspecified atom stereocenters. The van der Waals surface area contributed by atoms with Gasteiger partial charge in [-0.15, -0.1) is 13.2 Å². The second-order valence-electron chi connectivity index (χ2n) is 3.85. The van der Waals surface area contributed by atoms with E-state index in [9.17, 15) is 17.6 Å². The minimum atomic E-state index is -4.88. The zero-order chi connectivity index (χ0) is 14.8. The molecule has 0 saturated carbocycles. The van der Waals surface area contributed by atoms with Crippen LogP contribution in [0.15, 0.2) is 42.5 Å². The van der Waals surface area contributed by atoms with Crippen LogP contribution in [0.2, 0.25) is 0 Å². The number of rotatable bonds is 2. The van der Waals surface area contributed by atoms with E-state index in [0.717, 1.165) is 12.1 Å². The predicted molar refractivity (Wildman–Crippen MR) is 63.2 cm³/mol. The van der Waals surface area contributed by atoms with E-state index < -0.39 is 17.9 Å². The van der Waals surface area contributed by atoms with Crippen LogP contribution in [0.4, 0.5) is 17.6 Å². The first-order valence-electron chi connectivity index (χ1n) is 5.45. The van der Waals surface area contributed by atoms with Gasteiger partial charge in [0.25, 0.3) is 0 Å². The smallest absolute Gasteiger partial charge is 0.404 e. The molecule has 0 aliphatic carbocycles. The maximum Gasteiger partial charge on any atom is 0.573 e. The maximum atomic E-state index is 13.6. The van der Waals surface area contributed by atoms with Crippen LogP contribution >= 0.6 is 0 Å². The predicted octanol–water partition coefficient (Wildman–Crippen LogP) is 4.26. The summed E-state index contributed by atoms with van der Waals surface area (Å²) in [5, 5.41) is 8.86. The fourth-order valence-electron chi connectivity index (χ4n) is 1.69. The van der Waals surface area contributed by atoms with Crippen molar-refractivity contribution in [2.75, 3.05) is 0 Å². The Morgan fingerprint density at radius 1 is 1.05 bits per heavy atom. The lowest BCUT2D eigenvalue weighted by atomic mass is 10.0. The van der Waals surface area contributed by atoms with Gasteiger partial charge in [-0.25, -0.2) is 4.39 Å². The Morgan fingerprint density at radius 2 is 1.75 bits per heavy atom. The Kier molecular flexibility index (Phi) is 3.61. The van der Waals surface area contributed by atoms with Gasteiger partial charge in [0, 0.05) is 5.56 Å². The van der Waals surface area contributed by atoms with Gasteiger partial charge in [-0.1, -0.05) is 24.3 Å². The summed E-state index contributed by atoms with van der Waals surface area (Å²) in [6, 6.07) is 10.8. The molecule has 0 atom stereocenters. The van der Waals surface area contributed by atoms with Crippen LogP contribution in [0, 0.1) is 17.1 Å². The third kappa shape index (κ3) is 3.06. The van der Waals surface area contributed by atoms with Crippen LogP contribution in [0.1, 0.15) is 5.56 Å². The fourth-order valence-corrected chi connectivity index (χ4v) is 1.69. The molecule has 0 N–H and O–H groups in total. The summed E-state index contributed by atoms with van der Waals surface area (Å²) in [6.07, 6.45) is -4.88. The first-order chi connectivity index (χ1) is 9.40. The first-order valence-corrected chi connectivity index (χ1v) is 5.45. The van der Waals surface area contributed by atoms with E-state index in [1.54, 1.807) is 12.1 Å². The number of hydrogen-bond donors (Lipinski definition) is 0. The average molecular weight is 281 g/mol. The van der Waals surface area contributed by atoms with Gasteiger partial charge in [-0.2, -0.15) is 5.26 Å². The lowest BCUT2D eigenvalue weighted by Crippen LogP contribution is -2.17. The van der Waals surface area contributed by atoms with Crippen molar-refractivity contribution in [3.8, 4) is 22.9 Å². The molecule has 102 valence electrons. The zero-order valence-corrected chi connectivity index (χ0v) is 9.91. The van der Waals surface area contributed by atoms with E-state index in [2.05, 4.69) is 4.74 Å². The summed E-state index contributed by atoms with van der Waals surface area (Å²) >= 11 is 0. The molecule has 0 aliphatic heterocycles. The number of alkyl halides is 3. The van der Waals surface area contributed by atoms with E-state index in [-0.39, 0.29) is 11.1 Å². The van der Waals surface area contributed by atoms with Gasteiger partial charge in [-0.05, 0) is 23.8 Å². The monoisotopic (exact) mass is 281 g/mol. The number of hydrogen-bond acceptors (Lipinski definition) is 2. The van der Waals surface area contributed by atoms with E-state index in [1.807, 2.05) is 0 Å². The van der Waals surface area contributed by atoms with Gasteiger partial charge in [-0.3, -0.25) is 0 Å². The van der Waals surface area contributed by atoms with Gasteiger partial charge < -0.3 is 4.74 Å². The van der Waals surface area contributed by atoms with Crippen molar-refractivity contribution in [1.29, 1.82) is 5.26 Å². The molecule has 2 aromatic rings. The van der Waals surface area contributed by atoms with Gasteiger partial charge in [0.05, 0.1) is 5.56 Å². The Balaban J connectivity index is 2.46. The molecule has 0 radical (unpaired) electrons. The highest BCUT2D eigenvalue weighted by atomic mass is 19.4. The highest BCUT2D eigenvalue weighted by molar-refractivity contribution is 5.67. The summed E-state index contributed by atoms with van der Waals surface area (Å²) in [7, 11) is 0. The Labute approximate surface area is 111 Å². The quantitative estimate of drug-likeness (QED) is 0.770. The largest absolute Gasteiger partial charge is 0.573 e. The van der Waals surface area contributed by atoms with Crippen molar-refractivity contribution in [3.63, 3.8) is 0 Å². The van der Waals surface area contributed by atoms with Crippen molar-refractivity contribution in [2.45, 2.75) is 6.36 Å². The molecule has 0 amide bonds. The summed E-state index contributed by atoms with van der Waals surface area (Å²) < 4.78 is 53.8. The molecule has 0 heterocycles. The van der Waals surface area contributed by atoms with Crippen molar-refractivity contribution in [3.05, 3.63) is 53.8 Å². The minimum Gasteiger partial charge on any atom is -0.404 e. The molecule has 0 bridgehead atoms. The normalized spacial score (nSPS) is 10.9. The van der Waals surface area contributed by atoms with E-state index in [0.29, 0.717) is 5.56 Å². The molecular formula is C14H7F4NO. The molecule has 2 rings (SSSR count). The molecule has 20 heavy (non-hydrogen) atoms. The topological polar surface area (TPSA) is 33.0 Å². The van der Waals surface area contributed by atoms with Crippen LogP contribution in [0.3, 0.4) is 0 Å². The summed E-state index contributed by atoms with van der Waals surface area (Å²) in [6.45, 7) is 0. The average Bonchev–Trinajstić information content (AvgIpc) is 2.38. The number of nitriles is 1. The lowest BCUT2D eigenvalue weighted by molar-refractivity contribution is -0.274. The Hall–Kier alpha value is -2.55. The van der Waals surface area contributed by atoms with Crippen LogP contribution in [0.25, 0.3) is 11.1 Å². The van der Waals surface area contributed by atoms with E-state index in [4.69, 9.17) is 5.26 Å². The van der Waals surface area contributed by atoms with Crippen molar-refractivity contribution >= 4 is 0 Å². The highest BCUT2D eigenvalue weighted by Gasteiger charge is 2.32. The number of halogens is 4. The SMILES string of the molecule is N#Cc1cc(-c2ccccc2F)ccc1OC(F)(F)F. The molecule has 0 spiro atoms. The van der Waals surface area contributed by atoms with Gasteiger partial charge >= 0.3 is 6.36 Å². The van der Waals surface area contributed by atoms with Crippen LogP contribution in [0.5, 0.6) is 5.75 Å². The number of benzene rings is 2. The van der Waals surface area contributed by atoms with Crippen molar-refractivity contribution in [2.24, 2.45) is 0 Å². The van der Waals surface area contributed by atoms with Gasteiger partial charge in [0.2, 0.25) is 0 Å². The van der Waals surface area contributed by atoms with Crippen molar-refractivity contribution in [1.82, 2.24) is 0 Å². The molecule has 2 aromatic carbocycles. The highest BCUT2D eigenvalue weighted by Crippen LogP contribution is 2.31. The minimum absolute atomic E-state index is 0.197. The fraction of sp³-hybridized carbons (Fsp3) is 0.0714. The van der Waals surface area contributed by atoms with Crippen LogP contribution in [-0.4, -0.2) is 6.36 Å². The molecule has 0 fully saturated rings. The summed E-state index contributed by atoms with van der Waals surface area (Å²) in [5.74, 6) is -1.14. The van der Waals surface area contributed by atoms with Crippen LogP contribution in [-0.2, 0) is 0 Å². The summed E-state index contributed by atoms with van der Waals surface area (Å²) in [5.41, 5.74) is 0.180. The molecular weight excluding hydrogens is 274 g/mol. The Morgan fingerprint density at radius 3 is 2.35 bits per heavy atom. The number of nitrogens with zero attached hydrogens (tertiary/aromatic N) is 1. The second-order valence-corrected chi connectivity index (χ2v) is 3.85. The number of ether oxygens (including phenoxy) is 1. The maximum absolute atomic E-state index is 13.6. The first kappa shape index (κ1) is 13.9. The third-order valence-electron chi connectivity index (χ3n) is 2.51. The standard InChI is InChI=1S/C14H7F4NO/c15-12-4-2-1-3-11(12)9-5-6-13(10(7-9)8-19)20-14(16,17)18/h1-7H. The third-order valence-corrected chi connectivity index (χ3v) is 2.51.